The van der Waals surface area contributed by atoms with Gasteiger partial charge in [0.2, 0.25) is 5.91 Å². The Morgan fingerprint density at radius 1 is 1.22 bits per heavy atom. The number of halogens is 1. The fraction of sp³-hybridized carbons (Fsp3) is 0.667. The minimum absolute atomic E-state index is 0.0333. The summed E-state index contributed by atoms with van der Waals surface area (Å²) in [5.74, 6) is -0.352. The predicted molar refractivity (Wildman–Crippen MR) is 92.2 cm³/mol. The summed E-state index contributed by atoms with van der Waals surface area (Å²) in [6, 6.07) is 0. The van der Waals surface area contributed by atoms with Crippen LogP contribution >= 0.6 is 11.8 Å². The number of carbonyl (C=O) groups is 2. The third kappa shape index (κ3) is 4.46. The van der Waals surface area contributed by atoms with Crippen LogP contribution in [0.1, 0.15) is 66.2 Å². The van der Waals surface area contributed by atoms with Crippen LogP contribution < -0.4 is 5.32 Å². The Morgan fingerprint density at radius 2 is 1.83 bits per heavy atom. The number of nitrogens with one attached hydrogen (secondary N) is 1. The lowest BCUT2D eigenvalue weighted by Gasteiger charge is -2.32. The zero-order valence-corrected chi connectivity index (χ0v) is 15.2. The van der Waals surface area contributed by atoms with Crippen LogP contribution in [0.5, 0.6) is 0 Å². The van der Waals surface area contributed by atoms with Crippen LogP contribution in [0, 0.1) is 10.8 Å². The van der Waals surface area contributed by atoms with E-state index in [9.17, 15) is 14.0 Å². The van der Waals surface area contributed by atoms with E-state index >= 15 is 0 Å². The van der Waals surface area contributed by atoms with E-state index in [1.54, 1.807) is 0 Å². The van der Waals surface area contributed by atoms with Crippen LogP contribution in [0.2, 0.25) is 0 Å². The minimum atomic E-state index is -0.505. The van der Waals surface area contributed by atoms with Gasteiger partial charge in [-0.05, 0) is 30.7 Å². The molecule has 1 saturated carbocycles. The summed E-state index contributed by atoms with van der Waals surface area (Å²) in [4.78, 5) is 25.4. The normalized spacial score (nSPS) is 21.2. The Hall–Kier alpha value is -1.10. The van der Waals surface area contributed by atoms with Crippen LogP contribution in [0.15, 0.2) is 22.5 Å². The molecule has 0 spiro atoms. The summed E-state index contributed by atoms with van der Waals surface area (Å²) in [5, 5.41) is 2.87. The predicted octanol–water partition coefficient (Wildman–Crippen LogP) is 4.85. The number of thioether (sulfide) groups is 1. The van der Waals surface area contributed by atoms with Gasteiger partial charge in [0.15, 0.2) is 5.12 Å². The molecule has 0 radical (unpaired) electrons. The molecule has 0 aromatic rings. The highest BCUT2D eigenvalue weighted by molar-refractivity contribution is 8.17. The summed E-state index contributed by atoms with van der Waals surface area (Å²) in [6.07, 6.45) is 6.45. The number of hydrogen-bond donors (Lipinski definition) is 1. The van der Waals surface area contributed by atoms with Crippen molar-refractivity contribution in [3.8, 4) is 0 Å². The van der Waals surface area contributed by atoms with E-state index in [0.717, 1.165) is 37.4 Å². The Balaban J connectivity index is 2.11. The highest BCUT2D eigenvalue weighted by atomic mass is 32.2. The van der Waals surface area contributed by atoms with Gasteiger partial charge in [-0.25, -0.2) is 4.39 Å². The minimum Gasteiger partial charge on any atom is -0.328 e. The highest BCUT2D eigenvalue weighted by Crippen LogP contribution is 2.39. The molecule has 0 heterocycles. The monoisotopic (exact) mass is 339 g/mol. The number of amides is 1. The van der Waals surface area contributed by atoms with Gasteiger partial charge < -0.3 is 5.32 Å². The Labute approximate surface area is 142 Å². The molecule has 0 saturated heterocycles. The van der Waals surface area contributed by atoms with Crippen LogP contribution in [-0.2, 0) is 9.59 Å². The second-order valence-corrected chi connectivity index (χ2v) is 8.84. The molecule has 0 aromatic carbocycles. The molecule has 0 aliphatic heterocycles. The standard InChI is InChI=1S/C18H26FNO2S/c1-17(2,3)16(22)23-14-11-12(19)10-13(14)20-15(21)18(4)8-6-5-7-9-18/h11H,5-10H2,1-4H3,(H,20,21). The number of carbonyl (C=O) groups excluding carboxylic acids is 2. The summed E-state index contributed by atoms with van der Waals surface area (Å²) in [7, 11) is 0. The van der Waals surface area contributed by atoms with Crippen molar-refractivity contribution < 1.29 is 14.0 Å². The summed E-state index contributed by atoms with van der Waals surface area (Å²) >= 11 is 1.02. The Morgan fingerprint density at radius 3 is 2.39 bits per heavy atom. The first-order valence-electron chi connectivity index (χ1n) is 8.25. The van der Waals surface area contributed by atoms with Crippen LogP contribution in [-0.4, -0.2) is 11.0 Å². The van der Waals surface area contributed by atoms with Crippen molar-refractivity contribution >= 4 is 22.8 Å². The summed E-state index contributed by atoms with van der Waals surface area (Å²) in [6.45, 7) is 7.48. The molecule has 5 heteroatoms. The van der Waals surface area contributed by atoms with E-state index < -0.39 is 5.41 Å². The SMILES string of the molecule is CC(C)(C)C(=O)SC1=C(NC(=O)C2(C)CCCCC2)CC(F)=C1. The Kier molecular flexibility index (Phi) is 5.39. The van der Waals surface area contributed by atoms with Gasteiger partial charge in [-0.1, -0.05) is 47.0 Å². The lowest BCUT2D eigenvalue weighted by Crippen LogP contribution is -2.39. The summed E-state index contributed by atoms with van der Waals surface area (Å²) in [5.41, 5.74) is -0.356. The van der Waals surface area contributed by atoms with Crippen molar-refractivity contribution in [1.82, 2.24) is 5.32 Å². The van der Waals surface area contributed by atoms with E-state index in [1.165, 1.54) is 12.5 Å². The zero-order valence-electron chi connectivity index (χ0n) is 14.4. The number of rotatable bonds is 3. The topological polar surface area (TPSA) is 46.2 Å². The molecule has 1 fully saturated rings. The first-order valence-corrected chi connectivity index (χ1v) is 9.06. The van der Waals surface area contributed by atoms with Crippen molar-refractivity contribution in [1.29, 1.82) is 0 Å². The average Bonchev–Trinajstić information content (AvgIpc) is 2.78. The molecule has 0 aromatic heterocycles. The number of hydrogen-bond acceptors (Lipinski definition) is 3. The first-order chi connectivity index (χ1) is 10.6. The molecule has 1 N–H and O–H groups in total. The van der Waals surface area contributed by atoms with Crippen molar-refractivity contribution in [2.45, 2.75) is 66.2 Å². The third-order valence-electron chi connectivity index (χ3n) is 4.52. The highest BCUT2D eigenvalue weighted by Gasteiger charge is 2.36. The van der Waals surface area contributed by atoms with Gasteiger partial charge in [-0.3, -0.25) is 9.59 Å². The van der Waals surface area contributed by atoms with Gasteiger partial charge >= 0.3 is 0 Å². The van der Waals surface area contributed by atoms with Gasteiger partial charge in [0.05, 0.1) is 0 Å². The molecule has 3 nitrogen and oxygen atoms in total. The quantitative estimate of drug-likeness (QED) is 0.799. The van der Waals surface area contributed by atoms with Crippen LogP contribution in [0.3, 0.4) is 0 Å². The number of allylic oxidation sites excluding steroid dienone is 2. The third-order valence-corrected chi connectivity index (χ3v) is 5.90. The van der Waals surface area contributed by atoms with E-state index in [0.29, 0.717) is 10.6 Å². The summed E-state index contributed by atoms with van der Waals surface area (Å²) < 4.78 is 13.7. The fourth-order valence-corrected chi connectivity index (χ4v) is 3.77. The van der Waals surface area contributed by atoms with E-state index in [1.807, 2.05) is 27.7 Å². The van der Waals surface area contributed by atoms with Crippen molar-refractivity contribution in [3.05, 3.63) is 22.5 Å². The lowest BCUT2D eigenvalue weighted by atomic mass is 9.75. The van der Waals surface area contributed by atoms with E-state index in [2.05, 4.69) is 5.32 Å². The first kappa shape index (κ1) is 18.2. The average molecular weight is 339 g/mol. The maximum absolute atomic E-state index is 13.7. The van der Waals surface area contributed by atoms with Gasteiger partial charge in [0, 0.05) is 27.9 Å². The van der Waals surface area contributed by atoms with Crippen LogP contribution in [0.4, 0.5) is 4.39 Å². The Bertz CT molecular complexity index is 566. The second kappa shape index (κ2) is 6.80. The van der Waals surface area contributed by atoms with Crippen molar-refractivity contribution in [2.75, 3.05) is 0 Å². The molecular formula is C18H26FNO2S. The van der Waals surface area contributed by atoms with Crippen LogP contribution in [0.25, 0.3) is 0 Å². The van der Waals surface area contributed by atoms with E-state index in [4.69, 9.17) is 0 Å². The molecular weight excluding hydrogens is 313 g/mol. The van der Waals surface area contributed by atoms with E-state index in [-0.39, 0.29) is 28.7 Å². The maximum Gasteiger partial charge on any atom is 0.230 e. The molecule has 128 valence electrons. The van der Waals surface area contributed by atoms with Gasteiger partial charge in [0.1, 0.15) is 5.83 Å². The molecule has 0 bridgehead atoms. The van der Waals surface area contributed by atoms with Crippen molar-refractivity contribution in [2.24, 2.45) is 10.8 Å². The van der Waals surface area contributed by atoms with Gasteiger partial charge in [0.25, 0.3) is 0 Å². The van der Waals surface area contributed by atoms with Gasteiger partial charge in [-0.2, -0.15) is 0 Å². The molecule has 2 aliphatic carbocycles. The van der Waals surface area contributed by atoms with Gasteiger partial charge in [-0.15, -0.1) is 0 Å². The molecule has 0 atom stereocenters. The lowest BCUT2D eigenvalue weighted by molar-refractivity contribution is -0.131. The molecule has 2 rings (SSSR count). The largest absolute Gasteiger partial charge is 0.328 e. The second-order valence-electron chi connectivity index (χ2n) is 7.83. The maximum atomic E-state index is 13.7. The molecule has 0 unspecified atom stereocenters. The molecule has 1 amide bonds. The van der Waals surface area contributed by atoms with Crippen molar-refractivity contribution in [3.63, 3.8) is 0 Å². The molecule has 23 heavy (non-hydrogen) atoms. The fourth-order valence-electron chi connectivity index (χ4n) is 2.83. The smallest absolute Gasteiger partial charge is 0.230 e. The molecule has 2 aliphatic rings. The zero-order chi connectivity index (χ0) is 17.3.